The number of para-hydroxylation sites is 2. The molecule has 0 bridgehead atoms. The minimum Gasteiger partial charge on any atom is -0.493 e. The molecule has 1 rings (SSSR count). The van der Waals surface area contributed by atoms with Gasteiger partial charge in [0.25, 0.3) is 0 Å². The van der Waals surface area contributed by atoms with Crippen molar-refractivity contribution in [1.29, 1.82) is 0 Å². The van der Waals surface area contributed by atoms with E-state index in [4.69, 9.17) is 15.2 Å². The van der Waals surface area contributed by atoms with E-state index >= 15 is 0 Å². The molecule has 0 heterocycles. The lowest BCUT2D eigenvalue weighted by Crippen LogP contribution is -2.31. The molecule has 0 radical (unpaired) electrons. The van der Waals surface area contributed by atoms with Crippen molar-refractivity contribution in [2.75, 3.05) is 27.3 Å². The maximum atomic E-state index is 11.8. The highest BCUT2D eigenvalue weighted by Gasteiger charge is 2.10. The fraction of sp³-hybridized carbons (Fsp3) is 0.533. The minimum absolute atomic E-state index is 0.0529. The molecule has 0 fully saturated rings. The summed E-state index contributed by atoms with van der Waals surface area (Å²) in [5, 5.41) is 0. The van der Waals surface area contributed by atoms with E-state index in [1.165, 1.54) is 0 Å². The number of nitrogens with zero attached hydrogens (tertiary/aromatic N) is 1. The lowest BCUT2D eigenvalue weighted by atomic mass is 10.2. The summed E-state index contributed by atoms with van der Waals surface area (Å²) in [6.45, 7) is 2.87. The number of nitrogens with two attached hydrogens (primary N) is 1. The van der Waals surface area contributed by atoms with Gasteiger partial charge in [0.15, 0.2) is 11.5 Å². The molecule has 0 aromatic heterocycles. The van der Waals surface area contributed by atoms with Gasteiger partial charge in [-0.1, -0.05) is 12.1 Å². The number of carbonyl (C=O) groups excluding carboxylic acids is 1. The van der Waals surface area contributed by atoms with Crippen LogP contribution in [-0.2, 0) is 4.79 Å². The number of carbonyl (C=O) groups is 1. The highest BCUT2D eigenvalue weighted by molar-refractivity contribution is 5.75. The van der Waals surface area contributed by atoms with Crippen molar-refractivity contribution in [2.45, 2.75) is 25.8 Å². The van der Waals surface area contributed by atoms with E-state index in [0.717, 1.165) is 0 Å². The quantitative estimate of drug-likeness (QED) is 0.786. The first kappa shape index (κ1) is 16.3. The number of likely N-dealkylation sites (N-methyl/N-ethyl adjacent to an activating group) is 1. The molecule has 1 atom stereocenters. The molecule has 5 nitrogen and oxygen atoms in total. The first-order valence-corrected chi connectivity index (χ1v) is 6.80. The fourth-order valence-corrected chi connectivity index (χ4v) is 1.70. The molecule has 1 amide bonds. The van der Waals surface area contributed by atoms with Crippen LogP contribution in [0.2, 0.25) is 0 Å². The molecular formula is C15H24N2O3. The number of rotatable bonds is 8. The van der Waals surface area contributed by atoms with Crippen molar-refractivity contribution in [3.63, 3.8) is 0 Å². The molecule has 20 heavy (non-hydrogen) atoms. The predicted octanol–water partition coefficient (Wildman–Crippen LogP) is 1.66. The summed E-state index contributed by atoms with van der Waals surface area (Å²) in [5.74, 6) is 1.47. The van der Waals surface area contributed by atoms with Crippen molar-refractivity contribution in [3.05, 3.63) is 24.3 Å². The van der Waals surface area contributed by atoms with Crippen LogP contribution in [0.15, 0.2) is 24.3 Å². The van der Waals surface area contributed by atoms with Crippen LogP contribution in [-0.4, -0.2) is 44.2 Å². The molecule has 112 valence electrons. The second-order valence-corrected chi connectivity index (χ2v) is 4.83. The molecule has 5 heteroatoms. The highest BCUT2D eigenvalue weighted by Crippen LogP contribution is 2.25. The van der Waals surface area contributed by atoms with Gasteiger partial charge in [0.2, 0.25) is 5.91 Å². The summed E-state index contributed by atoms with van der Waals surface area (Å²) in [4.78, 5) is 13.5. The van der Waals surface area contributed by atoms with E-state index in [9.17, 15) is 4.79 Å². The van der Waals surface area contributed by atoms with Crippen molar-refractivity contribution in [1.82, 2.24) is 4.90 Å². The first-order valence-electron chi connectivity index (χ1n) is 6.80. The van der Waals surface area contributed by atoms with Crippen LogP contribution >= 0.6 is 0 Å². The lowest BCUT2D eigenvalue weighted by Gasteiger charge is -2.18. The minimum atomic E-state index is 0.0529. The molecule has 0 aliphatic heterocycles. The molecule has 1 unspecified atom stereocenters. The second kappa shape index (κ2) is 8.43. The Balaban J connectivity index is 2.34. The average molecular weight is 280 g/mol. The standard InChI is InChI=1S/C15H24N2O3/c1-12(16)8-9-15(18)17(2)10-11-20-14-7-5-4-6-13(14)19-3/h4-7,12H,8-11,16H2,1-3H3. The Morgan fingerprint density at radius 1 is 1.35 bits per heavy atom. The van der Waals surface area contributed by atoms with Gasteiger partial charge in [-0.05, 0) is 25.5 Å². The highest BCUT2D eigenvalue weighted by atomic mass is 16.5. The smallest absolute Gasteiger partial charge is 0.222 e. The van der Waals surface area contributed by atoms with Crippen LogP contribution in [0.1, 0.15) is 19.8 Å². The number of methoxy groups -OCH3 is 1. The third-order valence-electron chi connectivity index (χ3n) is 2.99. The van der Waals surface area contributed by atoms with E-state index in [-0.39, 0.29) is 11.9 Å². The summed E-state index contributed by atoms with van der Waals surface area (Å²) in [7, 11) is 3.38. The number of ether oxygens (including phenoxy) is 2. The summed E-state index contributed by atoms with van der Waals surface area (Å²) >= 11 is 0. The van der Waals surface area contributed by atoms with Gasteiger partial charge >= 0.3 is 0 Å². The molecule has 2 N–H and O–H groups in total. The van der Waals surface area contributed by atoms with Crippen molar-refractivity contribution in [2.24, 2.45) is 5.73 Å². The molecule has 0 saturated heterocycles. The van der Waals surface area contributed by atoms with E-state index in [0.29, 0.717) is 37.5 Å². The zero-order valence-electron chi connectivity index (χ0n) is 12.5. The molecular weight excluding hydrogens is 256 g/mol. The summed E-state index contributed by atoms with van der Waals surface area (Å²) in [5.41, 5.74) is 5.64. The summed E-state index contributed by atoms with van der Waals surface area (Å²) < 4.78 is 10.8. The van der Waals surface area contributed by atoms with Gasteiger partial charge in [-0.2, -0.15) is 0 Å². The summed E-state index contributed by atoms with van der Waals surface area (Å²) in [6, 6.07) is 7.51. The Morgan fingerprint density at radius 2 is 2.00 bits per heavy atom. The first-order chi connectivity index (χ1) is 9.54. The zero-order chi connectivity index (χ0) is 15.0. The Labute approximate surface area is 120 Å². The normalized spacial score (nSPS) is 11.8. The van der Waals surface area contributed by atoms with Crippen LogP contribution < -0.4 is 15.2 Å². The maximum absolute atomic E-state index is 11.8. The largest absolute Gasteiger partial charge is 0.493 e. The van der Waals surface area contributed by atoms with Gasteiger partial charge in [0.1, 0.15) is 6.61 Å². The SMILES string of the molecule is COc1ccccc1OCCN(C)C(=O)CCC(C)N. The molecule has 0 spiro atoms. The zero-order valence-corrected chi connectivity index (χ0v) is 12.5. The van der Waals surface area contributed by atoms with Crippen molar-refractivity contribution in [3.8, 4) is 11.5 Å². The predicted molar refractivity (Wildman–Crippen MR) is 79.0 cm³/mol. The van der Waals surface area contributed by atoms with Gasteiger partial charge in [0.05, 0.1) is 13.7 Å². The Kier molecular flexibility index (Phi) is 6.87. The Morgan fingerprint density at radius 3 is 2.60 bits per heavy atom. The third kappa shape index (κ3) is 5.48. The molecule has 1 aromatic carbocycles. The van der Waals surface area contributed by atoms with E-state index in [1.807, 2.05) is 31.2 Å². The van der Waals surface area contributed by atoms with Crippen LogP contribution in [0.25, 0.3) is 0 Å². The number of hydrogen-bond donors (Lipinski definition) is 1. The monoisotopic (exact) mass is 280 g/mol. The molecule has 0 saturated carbocycles. The number of benzene rings is 1. The van der Waals surface area contributed by atoms with E-state index in [2.05, 4.69) is 0 Å². The average Bonchev–Trinajstić information content (AvgIpc) is 2.45. The van der Waals surface area contributed by atoms with Crippen LogP contribution in [0.3, 0.4) is 0 Å². The van der Waals surface area contributed by atoms with Crippen LogP contribution in [0, 0.1) is 0 Å². The van der Waals surface area contributed by atoms with Crippen molar-refractivity contribution >= 4 is 5.91 Å². The van der Waals surface area contributed by atoms with Gasteiger partial charge < -0.3 is 20.1 Å². The Bertz CT molecular complexity index is 421. The summed E-state index contributed by atoms with van der Waals surface area (Å²) in [6.07, 6.45) is 1.18. The van der Waals surface area contributed by atoms with E-state index < -0.39 is 0 Å². The molecule has 0 aliphatic rings. The van der Waals surface area contributed by atoms with Crippen molar-refractivity contribution < 1.29 is 14.3 Å². The van der Waals surface area contributed by atoms with Gasteiger partial charge in [-0.25, -0.2) is 0 Å². The lowest BCUT2D eigenvalue weighted by molar-refractivity contribution is -0.130. The van der Waals surface area contributed by atoms with E-state index in [1.54, 1.807) is 19.1 Å². The Hall–Kier alpha value is -1.75. The van der Waals surface area contributed by atoms with Crippen LogP contribution in [0.4, 0.5) is 0 Å². The van der Waals surface area contributed by atoms with Crippen LogP contribution in [0.5, 0.6) is 11.5 Å². The topological polar surface area (TPSA) is 64.8 Å². The molecule has 1 aromatic rings. The molecule has 0 aliphatic carbocycles. The maximum Gasteiger partial charge on any atom is 0.222 e. The number of amides is 1. The van der Waals surface area contributed by atoms with Gasteiger partial charge in [-0.15, -0.1) is 0 Å². The van der Waals surface area contributed by atoms with Gasteiger partial charge in [0, 0.05) is 19.5 Å². The van der Waals surface area contributed by atoms with Gasteiger partial charge in [-0.3, -0.25) is 4.79 Å². The number of hydrogen-bond acceptors (Lipinski definition) is 4. The second-order valence-electron chi connectivity index (χ2n) is 4.83. The fourth-order valence-electron chi connectivity index (χ4n) is 1.70. The third-order valence-corrected chi connectivity index (χ3v) is 2.99.